The van der Waals surface area contributed by atoms with Gasteiger partial charge in [-0.1, -0.05) is 11.6 Å². The van der Waals surface area contributed by atoms with Gasteiger partial charge in [0, 0.05) is 30.3 Å². The molecule has 0 saturated carbocycles. The van der Waals surface area contributed by atoms with Crippen molar-refractivity contribution in [3.8, 4) is 5.75 Å². The minimum absolute atomic E-state index is 0.0775. The second-order valence-corrected chi connectivity index (χ2v) is 4.61. The average molecular weight is 298 g/mol. The van der Waals surface area contributed by atoms with Crippen LogP contribution in [0.25, 0.3) is 0 Å². The van der Waals surface area contributed by atoms with Gasteiger partial charge in [-0.25, -0.2) is 0 Å². The molecule has 0 aliphatic heterocycles. The molecule has 1 aromatic rings. The first-order chi connectivity index (χ1) is 8.81. The zero-order valence-electron chi connectivity index (χ0n) is 10.1. The van der Waals surface area contributed by atoms with Crippen LogP contribution in [0.5, 0.6) is 5.75 Å². The largest absolute Gasteiger partial charge is 0.508 e. The van der Waals surface area contributed by atoms with E-state index < -0.39 is 12.7 Å². The lowest BCUT2D eigenvalue weighted by Gasteiger charge is -2.23. The van der Waals surface area contributed by atoms with Gasteiger partial charge in [0.2, 0.25) is 0 Å². The van der Waals surface area contributed by atoms with Crippen LogP contribution in [0.1, 0.15) is 12.0 Å². The molecule has 0 aliphatic rings. The summed E-state index contributed by atoms with van der Waals surface area (Å²) in [5.74, 6) is -0.0967. The highest BCUT2D eigenvalue weighted by Gasteiger charge is 2.30. The number of aliphatic hydroxyl groups excluding tert-OH is 1. The number of alkyl halides is 3. The Morgan fingerprint density at radius 2 is 1.95 bits per heavy atom. The lowest BCUT2D eigenvalue weighted by molar-refractivity contribution is -0.147. The van der Waals surface area contributed by atoms with Crippen molar-refractivity contribution in [1.29, 1.82) is 0 Å². The predicted octanol–water partition coefficient (Wildman–Crippen LogP) is 2.79. The summed E-state index contributed by atoms with van der Waals surface area (Å²) >= 11 is 5.75. The highest BCUT2D eigenvalue weighted by atomic mass is 35.5. The number of hydrogen-bond acceptors (Lipinski definition) is 3. The molecule has 3 nitrogen and oxygen atoms in total. The second kappa shape index (κ2) is 6.98. The van der Waals surface area contributed by atoms with Gasteiger partial charge in [0.15, 0.2) is 0 Å². The number of halogens is 4. The van der Waals surface area contributed by atoms with Crippen LogP contribution in [0.4, 0.5) is 13.2 Å². The zero-order valence-corrected chi connectivity index (χ0v) is 10.9. The van der Waals surface area contributed by atoms with E-state index in [2.05, 4.69) is 0 Å². The number of rotatable bonds is 6. The summed E-state index contributed by atoms with van der Waals surface area (Å²) in [7, 11) is 0. The molecule has 19 heavy (non-hydrogen) atoms. The molecule has 7 heteroatoms. The lowest BCUT2D eigenvalue weighted by Crippen LogP contribution is -2.34. The Hall–Kier alpha value is -0.980. The third kappa shape index (κ3) is 6.13. The van der Waals surface area contributed by atoms with Crippen molar-refractivity contribution in [2.24, 2.45) is 0 Å². The Morgan fingerprint density at radius 1 is 1.26 bits per heavy atom. The monoisotopic (exact) mass is 297 g/mol. The van der Waals surface area contributed by atoms with Crippen LogP contribution in [0.15, 0.2) is 18.2 Å². The molecule has 0 heterocycles. The van der Waals surface area contributed by atoms with E-state index in [9.17, 15) is 18.3 Å². The number of phenolic OH excluding ortho intramolecular Hbond substituents is 1. The molecule has 2 N–H and O–H groups in total. The SMILES string of the molecule is OCCCN(Cc1cc(Cl)ccc1O)CC(F)(F)F. The van der Waals surface area contributed by atoms with Crippen molar-refractivity contribution >= 4 is 11.6 Å². The van der Waals surface area contributed by atoms with E-state index in [4.69, 9.17) is 16.7 Å². The highest BCUT2D eigenvalue weighted by Crippen LogP contribution is 2.25. The molecule has 0 radical (unpaired) electrons. The molecule has 0 fully saturated rings. The number of aromatic hydroxyl groups is 1. The molecule has 1 aromatic carbocycles. The third-order valence-electron chi connectivity index (χ3n) is 2.47. The topological polar surface area (TPSA) is 43.7 Å². The summed E-state index contributed by atoms with van der Waals surface area (Å²) < 4.78 is 37.3. The number of hydrogen-bond donors (Lipinski definition) is 2. The fraction of sp³-hybridized carbons (Fsp3) is 0.500. The van der Waals surface area contributed by atoms with Crippen LogP contribution in [0.2, 0.25) is 5.02 Å². The van der Waals surface area contributed by atoms with Crippen LogP contribution in [-0.2, 0) is 6.54 Å². The van der Waals surface area contributed by atoms with Gasteiger partial charge < -0.3 is 10.2 Å². The zero-order chi connectivity index (χ0) is 14.5. The first-order valence-corrected chi connectivity index (χ1v) is 6.07. The van der Waals surface area contributed by atoms with Crippen molar-refractivity contribution < 1.29 is 23.4 Å². The number of nitrogens with zero attached hydrogens (tertiary/aromatic N) is 1. The Morgan fingerprint density at radius 3 is 2.53 bits per heavy atom. The van der Waals surface area contributed by atoms with Gasteiger partial charge in [-0.15, -0.1) is 0 Å². The molecule has 108 valence electrons. The van der Waals surface area contributed by atoms with Crippen molar-refractivity contribution in [3.63, 3.8) is 0 Å². The smallest absolute Gasteiger partial charge is 0.401 e. The van der Waals surface area contributed by atoms with Gasteiger partial charge >= 0.3 is 6.18 Å². The fourth-order valence-corrected chi connectivity index (χ4v) is 1.88. The van der Waals surface area contributed by atoms with Gasteiger partial charge in [-0.2, -0.15) is 13.2 Å². The Balaban J connectivity index is 2.78. The van der Waals surface area contributed by atoms with E-state index in [0.717, 1.165) is 4.90 Å². The molecule has 0 aromatic heterocycles. The van der Waals surface area contributed by atoms with Gasteiger partial charge in [0.1, 0.15) is 5.75 Å². The fourth-order valence-electron chi connectivity index (χ4n) is 1.68. The van der Waals surface area contributed by atoms with E-state index >= 15 is 0 Å². The van der Waals surface area contributed by atoms with Crippen LogP contribution in [0, 0.1) is 0 Å². The number of aliphatic hydroxyl groups is 1. The van der Waals surface area contributed by atoms with Gasteiger partial charge in [0.05, 0.1) is 6.54 Å². The highest BCUT2D eigenvalue weighted by molar-refractivity contribution is 6.30. The van der Waals surface area contributed by atoms with Crippen LogP contribution in [-0.4, -0.2) is 41.0 Å². The molecule has 0 atom stereocenters. The van der Waals surface area contributed by atoms with Crippen molar-refractivity contribution in [2.45, 2.75) is 19.1 Å². The van der Waals surface area contributed by atoms with Gasteiger partial charge in [-0.3, -0.25) is 4.90 Å². The lowest BCUT2D eigenvalue weighted by atomic mass is 10.2. The van der Waals surface area contributed by atoms with E-state index in [-0.39, 0.29) is 31.9 Å². The first kappa shape index (κ1) is 16.1. The van der Waals surface area contributed by atoms with Crippen molar-refractivity contribution in [1.82, 2.24) is 4.90 Å². The standard InChI is InChI=1S/C12H15ClF3NO2/c13-10-2-3-11(19)9(6-10)7-17(4-1-5-18)8-12(14,15)16/h2-3,6,18-19H,1,4-5,7-8H2. The molecular formula is C12H15ClF3NO2. The Kier molecular flexibility index (Phi) is 5.90. The minimum Gasteiger partial charge on any atom is -0.508 e. The number of phenols is 1. The van der Waals surface area contributed by atoms with Crippen LogP contribution < -0.4 is 0 Å². The minimum atomic E-state index is -4.33. The summed E-state index contributed by atoms with van der Waals surface area (Å²) in [6.07, 6.45) is -4.10. The Bertz CT molecular complexity index is 412. The molecule has 0 saturated heterocycles. The predicted molar refractivity (Wildman–Crippen MR) is 66.2 cm³/mol. The molecule has 0 aliphatic carbocycles. The molecule has 0 amide bonds. The van der Waals surface area contributed by atoms with Crippen molar-refractivity contribution in [2.75, 3.05) is 19.7 Å². The molecule has 1 rings (SSSR count). The third-order valence-corrected chi connectivity index (χ3v) is 2.71. The summed E-state index contributed by atoms with van der Waals surface area (Å²) in [6, 6.07) is 4.23. The average Bonchev–Trinajstić information content (AvgIpc) is 2.29. The maximum absolute atomic E-state index is 12.4. The normalized spacial score (nSPS) is 12.1. The molecule has 0 unspecified atom stereocenters. The van der Waals surface area contributed by atoms with E-state index in [1.54, 1.807) is 0 Å². The van der Waals surface area contributed by atoms with Crippen molar-refractivity contribution in [3.05, 3.63) is 28.8 Å². The van der Waals surface area contributed by atoms with E-state index in [0.29, 0.717) is 10.6 Å². The summed E-state index contributed by atoms with van der Waals surface area (Å²) in [5, 5.41) is 18.6. The van der Waals surface area contributed by atoms with Gasteiger partial charge in [-0.05, 0) is 24.6 Å². The maximum Gasteiger partial charge on any atom is 0.401 e. The molecular weight excluding hydrogens is 283 g/mol. The molecule has 0 bridgehead atoms. The first-order valence-electron chi connectivity index (χ1n) is 5.69. The van der Waals surface area contributed by atoms with E-state index in [1.807, 2.05) is 0 Å². The number of benzene rings is 1. The Labute approximate surface area is 114 Å². The second-order valence-electron chi connectivity index (χ2n) is 4.18. The summed E-state index contributed by atoms with van der Waals surface area (Å²) in [5.41, 5.74) is 0.328. The molecule has 0 spiro atoms. The summed E-state index contributed by atoms with van der Waals surface area (Å²) in [6.45, 7) is -1.28. The van der Waals surface area contributed by atoms with Crippen LogP contribution >= 0.6 is 11.6 Å². The maximum atomic E-state index is 12.4. The van der Waals surface area contributed by atoms with Crippen LogP contribution in [0.3, 0.4) is 0 Å². The van der Waals surface area contributed by atoms with E-state index in [1.165, 1.54) is 18.2 Å². The summed E-state index contributed by atoms with van der Waals surface area (Å²) in [4.78, 5) is 1.11. The van der Waals surface area contributed by atoms with Gasteiger partial charge in [0.25, 0.3) is 0 Å². The quantitative estimate of drug-likeness (QED) is 0.848.